The maximum Gasteiger partial charge on any atom is 0.361 e. The Balaban J connectivity index is 1.47. The first kappa shape index (κ1) is 21.5. The van der Waals surface area contributed by atoms with Crippen LogP contribution in [0.2, 0.25) is 0 Å². The Labute approximate surface area is 184 Å². The van der Waals surface area contributed by atoms with Crippen LogP contribution in [0.4, 0.5) is 5.69 Å². The van der Waals surface area contributed by atoms with E-state index in [0.717, 1.165) is 0 Å². The lowest BCUT2D eigenvalue weighted by atomic mass is 10.1. The third-order valence-electron chi connectivity index (χ3n) is 5.79. The van der Waals surface area contributed by atoms with Gasteiger partial charge in [0.2, 0.25) is 11.6 Å². The molecule has 0 radical (unpaired) electrons. The van der Waals surface area contributed by atoms with Gasteiger partial charge < -0.3 is 19.1 Å². The van der Waals surface area contributed by atoms with Crippen LogP contribution >= 0.6 is 0 Å². The Morgan fingerprint density at radius 1 is 1.16 bits per heavy atom. The van der Waals surface area contributed by atoms with Crippen LogP contribution in [-0.4, -0.2) is 64.3 Å². The van der Waals surface area contributed by atoms with Crippen LogP contribution in [0.1, 0.15) is 28.5 Å². The van der Waals surface area contributed by atoms with Gasteiger partial charge in [0.1, 0.15) is 18.3 Å². The molecule has 1 aliphatic rings. The minimum Gasteiger partial charge on any atom is -0.461 e. The summed E-state index contributed by atoms with van der Waals surface area (Å²) in [4.78, 5) is 45.8. The zero-order valence-corrected chi connectivity index (χ0v) is 18.3. The molecule has 168 valence electrons. The van der Waals surface area contributed by atoms with Crippen molar-refractivity contribution in [1.29, 1.82) is 0 Å². The highest BCUT2D eigenvalue weighted by molar-refractivity contribution is 5.99. The second kappa shape index (κ2) is 8.81. The Bertz CT molecular complexity index is 1220. The maximum absolute atomic E-state index is 12.9. The van der Waals surface area contributed by atoms with E-state index in [-0.39, 0.29) is 35.9 Å². The summed E-state index contributed by atoms with van der Waals surface area (Å²) in [7, 11) is 0. The molecule has 10 nitrogen and oxygen atoms in total. The molecule has 32 heavy (non-hydrogen) atoms. The van der Waals surface area contributed by atoms with Gasteiger partial charge >= 0.3 is 5.97 Å². The number of aromatic nitrogens is 3. The molecule has 0 saturated carbocycles. The number of nitrogens with zero attached hydrogens (tertiary/aromatic N) is 5. The van der Waals surface area contributed by atoms with E-state index in [1.807, 2.05) is 6.07 Å². The molecule has 3 aromatic rings. The van der Waals surface area contributed by atoms with E-state index in [2.05, 4.69) is 41.0 Å². The van der Waals surface area contributed by atoms with E-state index in [0.29, 0.717) is 26.2 Å². The summed E-state index contributed by atoms with van der Waals surface area (Å²) in [5.74, 6) is -0.959. The van der Waals surface area contributed by atoms with Crippen molar-refractivity contribution in [2.45, 2.75) is 27.3 Å². The minimum absolute atomic E-state index is 0.0658. The minimum atomic E-state index is -0.767. The number of piperazine rings is 1. The van der Waals surface area contributed by atoms with Gasteiger partial charge in [0.05, 0.1) is 6.61 Å². The van der Waals surface area contributed by atoms with Crippen LogP contribution in [0.5, 0.6) is 0 Å². The molecule has 2 aromatic heterocycles. The first-order valence-corrected chi connectivity index (χ1v) is 10.5. The molecular weight excluding hydrogens is 414 g/mol. The molecule has 0 spiro atoms. The van der Waals surface area contributed by atoms with E-state index in [4.69, 9.17) is 9.26 Å². The summed E-state index contributed by atoms with van der Waals surface area (Å²) in [5, 5.41) is 3.52. The second-order valence-electron chi connectivity index (χ2n) is 7.70. The number of ether oxygens (including phenoxy) is 1. The largest absolute Gasteiger partial charge is 0.461 e. The third kappa shape index (κ3) is 3.95. The van der Waals surface area contributed by atoms with Gasteiger partial charge in [0.25, 0.3) is 11.3 Å². The summed E-state index contributed by atoms with van der Waals surface area (Å²) in [6.45, 7) is 8.32. The van der Waals surface area contributed by atoms with Crippen LogP contribution in [0.15, 0.2) is 33.8 Å². The zero-order valence-electron chi connectivity index (χ0n) is 18.3. The van der Waals surface area contributed by atoms with E-state index in [1.165, 1.54) is 27.7 Å². The van der Waals surface area contributed by atoms with Crippen molar-refractivity contribution >= 4 is 28.7 Å². The van der Waals surface area contributed by atoms with Crippen molar-refractivity contribution in [2.75, 3.05) is 37.7 Å². The number of hydrogen-bond donors (Lipinski definition) is 0. The summed E-state index contributed by atoms with van der Waals surface area (Å²) in [6, 6.07) is 6.23. The number of hydrogen-bond acceptors (Lipinski definition) is 8. The molecule has 1 fully saturated rings. The number of amides is 1. The third-order valence-corrected chi connectivity index (χ3v) is 5.79. The Morgan fingerprint density at radius 2 is 1.91 bits per heavy atom. The highest BCUT2D eigenvalue weighted by Crippen LogP contribution is 2.24. The molecule has 0 N–H and O–H groups in total. The predicted molar refractivity (Wildman–Crippen MR) is 117 cm³/mol. The number of rotatable bonds is 5. The molecule has 0 unspecified atom stereocenters. The molecule has 10 heteroatoms. The first-order chi connectivity index (χ1) is 15.4. The van der Waals surface area contributed by atoms with Crippen molar-refractivity contribution < 1.29 is 18.8 Å². The van der Waals surface area contributed by atoms with Crippen LogP contribution in [0, 0.1) is 13.8 Å². The molecule has 1 amide bonds. The van der Waals surface area contributed by atoms with Crippen molar-refractivity contribution in [3.8, 4) is 0 Å². The van der Waals surface area contributed by atoms with Gasteiger partial charge in [-0.3, -0.25) is 14.2 Å². The Hall–Kier alpha value is -3.69. The maximum atomic E-state index is 12.9. The van der Waals surface area contributed by atoms with Gasteiger partial charge in [0.15, 0.2) is 0 Å². The fourth-order valence-electron chi connectivity index (χ4n) is 3.85. The highest BCUT2D eigenvalue weighted by atomic mass is 16.5. The summed E-state index contributed by atoms with van der Waals surface area (Å²) >= 11 is 0. The van der Waals surface area contributed by atoms with Crippen LogP contribution < -0.4 is 10.5 Å². The average Bonchev–Trinajstić information content (AvgIpc) is 3.23. The number of carbonyl (C=O) groups is 2. The normalized spacial score (nSPS) is 14.1. The number of benzene rings is 1. The molecular formula is C22H25N5O5. The zero-order chi connectivity index (χ0) is 22.8. The van der Waals surface area contributed by atoms with Crippen molar-refractivity contribution in [1.82, 2.24) is 19.6 Å². The monoisotopic (exact) mass is 439 g/mol. The number of anilines is 1. The van der Waals surface area contributed by atoms with Crippen LogP contribution in [-0.2, 0) is 16.1 Å². The van der Waals surface area contributed by atoms with E-state index >= 15 is 0 Å². The lowest BCUT2D eigenvalue weighted by Gasteiger charge is -2.37. The smallest absolute Gasteiger partial charge is 0.361 e. The quantitative estimate of drug-likeness (QED) is 0.551. The summed E-state index contributed by atoms with van der Waals surface area (Å²) < 4.78 is 11.0. The molecule has 1 aromatic carbocycles. The van der Waals surface area contributed by atoms with Gasteiger partial charge in [-0.05, 0) is 38.0 Å². The molecule has 0 bridgehead atoms. The molecule has 1 aliphatic heterocycles. The lowest BCUT2D eigenvalue weighted by molar-refractivity contribution is -0.132. The van der Waals surface area contributed by atoms with E-state index in [1.54, 1.807) is 11.8 Å². The van der Waals surface area contributed by atoms with Gasteiger partial charge in [-0.25, -0.2) is 9.78 Å². The van der Waals surface area contributed by atoms with E-state index in [9.17, 15) is 14.4 Å². The fourth-order valence-corrected chi connectivity index (χ4v) is 3.85. The summed E-state index contributed by atoms with van der Waals surface area (Å²) in [6.07, 6.45) is 1.23. The molecule has 4 rings (SSSR count). The molecule has 0 atom stereocenters. The van der Waals surface area contributed by atoms with Crippen molar-refractivity contribution in [2.24, 2.45) is 0 Å². The summed E-state index contributed by atoms with van der Waals surface area (Å²) in [5.41, 5.74) is 2.79. The number of esters is 1. The number of carbonyl (C=O) groups excluding carboxylic acids is 2. The second-order valence-corrected chi connectivity index (χ2v) is 7.70. The SMILES string of the molecule is CCOC(=O)c1noc2ncn(CC(=O)N3CCN(c4cccc(C)c4C)CC3)c(=O)c12. The topological polar surface area (TPSA) is 111 Å². The highest BCUT2D eigenvalue weighted by Gasteiger charge is 2.25. The number of aryl methyl sites for hydroxylation is 1. The van der Waals surface area contributed by atoms with E-state index < -0.39 is 11.5 Å². The predicted octanol–water partition coefficient (Wildman–Crippen LogP) is 1.53. The standard InChI is InChI=1S/C22H25N5O5/c1-4-31-22(30)19-18-20(32-24-19)23-13-27(21(18)29)12-17(28)26-10-8-25(9-11-26)16-7-5-6-14(2)15(16)3/h5-7,13H,4,8-12H2,1-3H3. The first-order valence-electron chi connectivity index (χ1n) is 10.5. The molecule has 0 aliphatic carbocycles. The van der Waals surface area contributed by atoms with Crippen LogP contribution in [0.25, 0.3) is 11.1 Å². The number of fused-ring (bicyclic) bond motifs is 1. The lowest BCUT2D eigenvalue weighted by Crippen LogP contribution is -2.50. The molecule has 3 heterocycles. The molecule has 1 saturated heterocycles. The Morgan fingerprint density at radius 3 is 2.62 bits per heavy atom. The average molecular weight is 439 g/mol. The van der Waals surface area contributed by atoms with Crippen molar-refractivity contribution in [3.05, 3.63) is 51.7 Å². The van der Waals surface area contributed by atoms with Gasteiger partial charge in [-0.1, -0.05) is 17.3 Å². The fraction of sp³-hybridized carbons (Fsp3) is 0.409. The van der Waals surface area contributed by atoms with Crippen LogP contribution in [0.3, 0.4) is 0 Å². The van der Waals surface area contributed by atoms with Gasteiger partial charge in [0, 0.05) is 31.9 Å². The Kier molecular flexibility index (Phi) is 5.93. The van der Waals surface area contributed by atoms with Gasteiger partial charge in [-0.2, -0.15) is 0 Å². The van der Waals surface area contributed by atoms with Gasteiger partial charge in [-0.15, -0.1) is 0 Å². The van der Waals surface area contributed by atoms with Crippen molar-refractivity contribution in [3.63, 3.8) is 0 Å².